The number of carbonyl (C=O) groups is 1. The van der Waals surface area contributed by atoms with Crippen LogP contribution in [0, 0.1) is 5.41 Å². The van der Waals surface area contributed by atoms with E-state index < -0.39 is 0 Å². The Balaban J connectivity index is 2.18. The summed E-state index contributed by atoms with van der Waals surface area (Å²) in [6, 6.07) is 16.8. The maximum absolute atomic E-state index is 11.5. The molecule has 2 nitrogen and oxygen atoms in total. The van der Waals surface area contributed by atoms with Gasteiger partial charge in [0.1, 0.15) is 0 Å². The second-order valence-electron chi connectivity index (χ2n) is 7.15. The zero-order valence-electron chi connectivity index (χ0n) is 14.9. The molecule has 3 rings (SSSR count). The Morgan fingerprint density at radius 3 is 2.29 bits per heavy atom. The number of para-hydroxylation sites is 1. The van der Waals surface area contributed by atoms with Gasteiger partial charge in [-0.25, -0.2) is 0 Å². The maximum atomic E-state index is 11.5. The summed E-state index contributed by atoms with van der Waals surface area (Å²) >= 11 is 0. The number of anilines is 1. The van der Waals surface area contributed by atoms with Crippen LogP contribution in [0.15, 0.2) is 48.5 Å². The van der Waals surface area contributed by atoms with Crippen molar-refractivity contribution in [1.82, 2.24) is 0 Å². The number of aryl methyl sites for hydroxylation is 1. The summed E-state index contributed by atoms with van der Waals surface area (Å²) in [5.41, 5.74) is 7.71. The molecular formula is C22H25NO. The number of hydrogen-bond donors (Lipinski definition) is 1. The number of nitrogens with one attached hydrogen (secondary N) is 1. The number of hydrogen-bond acceptors (Lipinski definition) is 1. The van der Waals surface area contributed by atoms with Crippen molar-refractivity contribution in [1.29, 1.82) is 0 Å². The zero-order chi connectivity index (χ0) is 17.3. The van der Waals surface area contributed by atoms with E-state index >= 15 is 0 Å². The fourth-order valence-electron chi connectivity index (χ4n) is 3.79. The van der Waals surface area contributed by atoms with Crippen molar-refractivity contribution in [3.8, 4) is 0 Å². The molecule has 2 aromatic carbocycles. The normalized spacial score (nSPS) is 15.8. The Kier molecular flexibility index (Phi) is 4.31. The Labute approximate surface area is 144 Å². The molecule has 0 spiro atoms. The average Bonchev–Trinajstić information content (AvgIpc) is 2.53. The molecule has 2 aromatic rings. The van der Waals surface area contributed by atoms with Crippen LogP contribution in [0.3, 0.4) is 0 Å². The standard InChI is InChI=1S/C22H25NO/c1-5-16-10-6-7-11-17(16)21-19(14-22(21,3)4)18-12-8-9-13-20(18)23-15(2)24/h6-13H,5,14H2,1-4H3,(H,23,24). The van der Waals surface area contributed by atoms with E-state index in [0.29, 0.717) is 0 Å². The Hall–Kier alpha value is -2.35. The molecule has 0 saturated carbocycles. The third-order valence-electron chi connectivity index (χ3n) is 4.83. The van der Waals surface area contributed by atoms with E-state index in [9.17, 15) is 4.79 Å². The molecule has 0 unspecified atom stereocenters. The number of carbonyl (C=O) groups excluding carboxylic acids is 1. The molecule has 0 atom stereocenters. The van der Waals surface area contributed by atoms with Crippen LogP contribution in [0.1, 0.15) is 50.8 Å². The minimum absolute atomic E-state index is 0.0304. The highest BCUT2D eigenvalue weighted by molar-refractivity contribution is 6.04. The number of rotatable bonds is 4. The summed E-state index contributed by atoms with van der Waals surface area (Å²) in [6.45, 7) is 8.37. The third-order valence-corrected chi connectivity index (χ3v) is 4.83. The largest absolute Gasteiger partial charge is 0.326 e. The zero-order valence-corrected chi connectivity index (χ0v) is 14.9. The maximum Gasteiger partial charge on any atom is 0.221 e. The molecule has 24 heavy (non-hydrogen) atoms. The lowest BCUT2D eigenvalue weighted by molar-refractivity contribution is -0.114. The highest BCUT2D eigenvalue weighted by Crippen LogP contribution is 2.57. The summed E-state index contributed by atoms with van der Waals surface area (Å²) in [5, 5.41) is 2.98. The van der Waals surface area contributed by atoms with E-state index in [1.165, 1.54) is 22.3 Å². The van der Waals surface area contributed by atoms with Gasteiger partial charge in [-0.1, -0.05) is 63.2 Å². The van der Waals surface area contributed by atoms with E-state index in [4.69, 9.17) is 0 Å². The van der Waals surface area contributed by atoms with Gasteiger partial charge in [-0.3, -0.25) is 4.79 Å². The van der Waals surface area contributed by atoms with Crippen LogP contribution in [0.5, 0.6) is 0 Å². The summed E-state index contributed by atoms with van der Waals surface area (Å²) in [7, 11) is 0. The van der Waals surface area contributed by atoms with Crippen LogP contribution in [0.4, 0.5) is 5.69 Å². The SMILES string of the molecule is CCc1ccccc1C1=C(c2ccccc2NC(C)=O)CC1(C)C. The molecule has 0 fully saturated rings. The highest BCUT2D eigenvalue weighted by Gasteiger charge is 2.39. The molecular weight excluding hydrogens is 294 g/mol. The van der Waals surface area contributed by atoms with Crippen LogP contribution in [-0.2, 0) is 11.2 Å². The van der Waals surface area contributed by atoms with Crippen molar-refractivity contribution in [3.63, 3.8) is 0 Å². The Morgan fingerprint density at radius 2 is 1.67 bits per heavy atom. The molecule has 1 aliphatic rings. The fraction of sp³-hybridized carbons (Fsp3) is 0.318. The topological polar surface area (TPSA) is 29.1 Å². The molecule has 0 saturated heterocycles. The highest BCUT2D eigenvalue weighted by atomic mass is 16.1. The van der Waals surface area contributed by atoms with Gasteiger partial charge in [-0.2, -0.15) is 0 Å². The predicted molar refractivity (Wildman–Crippen MR) is 102 cm³/mol. The van der Waals surface area contributed by atoms with Gasteiger partial charge < -0.3 is 5.32 Å². The number of benzene rings is 2. The first-order valence-corrected chi connectivity index (χ1v) is 8.63. The average molecular weight is 319 g/mol. The Bertz CT molecular complexity index is 814. The second kappa shape index (κ2) is 6.27. The smallest absolute Gasteiger partial charge is 0.221 e. The molecule has 0 bridgehead atoms. The molecule has 0 aromatic heterocycles. The lowest BCUT2D eigenvalue weighted by Crippen LogP contribution is -2.26. The lowest BCUT2D eigenvalue weighted by Gasteiger charge is -2.43. The molecule has 1 amide bonds. The van der Waals surface area contributed by atoms with Crippen LogP contribution in [0.2, 0.25) is 0 Å². The van der Waals surface area contributed by atoms with Gasteiger partial charge in [-0.05, 0) is 46.6 Å². The first kappa shape index (κ1) is 16.5. The van der Waals surface area contributed by atoms with Crippen molar-refractivity contribution in [3.05, 3.63) is 65.2 Å². The molecule has 0 aliphatic heterocycles. The number of allylic oxidation sites excluding steroid dienone is 2. The van der Waals surface area contributed by atoms with Gasteiger partial charge in [0.25, 0.3) is 0 Å². The van der Waals surface area contributed by atoms with Crippen molar-refractivity contribution < 1.29 is 4.79 Å². The molecule has 1 aliphatic carbocycles. The Morgan fingerprint density at radius 1 is 1.04 bits per heavy atom. The second-order valence-corrected chi connectivity index (χ2v) is 7.15. The predicted octanol–water partition coefficient (Wildman–Crippen LogP) is 5.55. The van der Waals surface area contributed by atoms with E-state index in [-0.39, 0.29) is 11.3 Å². The van der Waals surface area contributed by atoms with Gasteiger partial charge in [0.05, 0.1) is 0 Å². The minimum atomic E-state index is -0.0304. The fourth-order valence-corrected chi connectivity index (χ4v) is 3.79. The van der Waals surface area contributed by atoms with Crippen molar-refractivity contribution in [2.45, 2.75) is 40.5 Å². The third kappa shape index (κ3) is 2.89. The van der Waals surface area contributed by atoms with Crippen LogP contribution in [0.25, 0.3) is 11.1 Å². The van der Waals surface area contributed by atoms with Crippen LogP contribution in [-0.4, -0.2) is 5.91 Å². The van der Waals surface area contributed by atoms with Gasteiger partial charge in [0.2, 0.25) is 5.91 Å². The molecule has 0 radical (unpaired) electrons. The summed E-state index contributed by atoms with van der Waals surface area (Å²) in [6.07, 6.45) is 2.05. The minimum Gasteiger partial charge on any atom is -0.326 e. The number of amides is 1. The summed E-state index contributed by atoms with van der Waals surface area (Å²) in [5.74, 6) is -0.0304. The van der Waals surface area contributed by atoms with Crippen molar-refractivity contribution in [2.75, 3.05) is 5.32 Å². The van der Waals surface area contributed by atoms with Gasteiger partial charge in [0, 0.05) is 18.2 Å². The van der Waals surface area contributed by atoms with Crippen LogP contribution >= 0.6 is 0 Å². The van der Waals surface area contributed by atoms with Gasteiger partial charge >= 0.3 is 0 Å². The van der Waals surface area contributed by atoms with Crippen molar-refractivity contribution in [2.24, 2.45) is 5.41 Å². The molecule has 2 heteroatoms. The first-order chi connectivity index (χ1) is 11.4. The monoisotopic (exact) mass is 319 g/mol. The van der Waals surface area contributed by atoms with E-state index in [2.05, 4.69) is 56.4 Å². The van der Waals surface area contributed by atoms with E-state index in [0.717, 1.165) is 24.1 Å². The van der Waals surface area contributed by atoms with Gasteiger partial charge in [0.15, 0.2) is 0 Å². The molecule has 124 valence electrons. The van der Waals surface area contributed by atoms with Gasteiger partial charge in [-0.15, -0.1) is 0 Å². The molecule has 1 N–H and O–H groups in total. The lowest BCUT2D eigenvalue weighted by atomic mass is 9.61. The summed E-state index contributed by atoms with van der Waals surface area (Å²) in [4.78, 5) is 11.5. The van der Waals surface area contributed by atoms with E-state index in [1.54, 1.807) is 6.92 Å². The first-order valence-electron chi connectivity index (χ1n) is 8.63. The van der Waals surface area contributed by atoms with Crippen molar-refractivity contribution >= 4 is 22.7 Å². The van der Waals surface area contributed by atoms with E-state index in [1.807, 2.05) is 18.2 Å². The molecule has 0 heterocycles. The summed E-state index contributed by atoms with van der Waals surface area (Å²) < 4.78 is 0. The van der Waals surface area contributed by atoms with Crippen LogP contribution < -0.4 is 5.32 Å². The quantitative estimate of drug-likeness (QED) is 0.786.